The van der Waals surface area contributed by atoms with E-state index in [1.165, 1.54) is 23.1 Å². The van der Waals surface area contributed by atoms with Crippen molar-refractivity contribution in [3.8, 4) is 0 Å². The molecular formula is C19H25NO2. The zero-order valence-electron chi connectivity index (χ0n) is 13.5. The predicted molar refractivity (Wildman–Crippen MR) is 89.6 cm³/mol. The molecule has 2 aliphatic rings. The maximum atomic E-state index is 5.95. The van der Waals surface area contributed by atoms with Crippen LogP contribution in [-0.2, 0) is 9.47 Å². The molecule has 1 aliphatic heterocycles. The number of likely N-dealkylation sites (N-methyl/N-ethyl adjacent to an activating group) is 1. The number of hydrogen-bond acceptors (Lipinski definition) is 3. The molecule has 1 aliphatic carbocycles. The van der Waals surface area contributed by atoms with Gasteiger partial charge in [-0.25, -0.2) is 0 Å². The standard InChI is InChI=1S/C19H25NO2/c1-20-11-12-22-19(14-20)16-8-6-7-15(13-16)17-9-4-3-5-10-18(17)21-2/h5-8,10,13,19H,3-4,9,11-12,14H2,1-2H3. The summed E-state index contributed by atoms with van der Waals surface area (Å²) in [6.45, 7) is 2.78. The van der Waals surface area contributed by atoms with Crippen molar-refractivity contribution in [3.05, 3.63) is 53.3 Å². The van der Waals surface area contributed by atoms with Crippen molar-refractivity contribution in [1.82, 2.24) is 4.90 Å². The molecule has 1 heterocycles. The average molecular weight is 299 g/mol. The highest BCUT2D eigenvalue weighted by Crippen LogP contribution is 2.31. The summed E-state index contributed by atoms with van der Waals surface area (Å²) in [7, 11) is 3.91. The molecule has 1 saturated heterocycles. The topological polar surface area (TPSA) is 21.7 Å². The van der Waals surface area contributed by atoms with Gasteiger partial charge in [0.1, 0.15) is 5.76 Å². The first-order chi connectivity index (χ1) is 10.8. The van der Waals surface area contributed by atoms with Gasteiger partial charge in [-0.05, 0) is 49.6 Å². The van der Waals surface area contributed by atoms with Crippen LogP contribution in [0, 0.1) is 0 Å². The zero-order valence-corrected chi connectivity index (χ0v) is 13.5. The van der Waals surface area contributed by atoms with Crippen molar-refractivity contribution in [2.45, 2.75) is 25.4 Å². The summed E-state index contributed by atoms with van der Waals surface area (Å²) in [5.41, 5.74) is 3.83. The second-order valence-corrected chi connectivity index (χ2v) is 6.09. The Bertz CT molecular complexity index is 577. The fourth-order valence-electron chi connectivity index (χ4n) is 3.19. The molecule has 22 heavy (non-hydrogen) atoms. The van der Waals surface area contributed by atoms with Crippen LogP contribution in [-0.4, -0.2) is 38.8 Å². The summed E-state index contributed by atoms with van der Waals surface area (Å²) >= 11 is 0. The van der Waals surface area contributed by atoms with Gasteiger partial charge < -0.3 is 14.4 Å². The summed E-state index contributed by atoms with van der Waals surface area (Å²) < 4.78 is 11.5. The lowest BCUT2D eigenvalue weighted by atomic mass is 9.96. The maximum absolute atomic E-state index is 5.95. The molecule has 0 N–H and O–H groups in total. The lowest BCUT2D eigenvalue weighted by Crippen LogP contribution is -2.35. The molecule has 118 valence electrons. The minimum absolute atomic E-state index is 0.173. The molecule has 1 aromatic carbocycles. The molecule has 1 fully saturated rings. The Kier molecular flexibility index (Phi) is 4.96. The summed E-state index contributed by atoms with van der Waals surface area (Å²) in [4.78, 5) is 2.33. The number of methoxy groups -OCH3 is 1. The first kappa shape index (κ1) is 15.3. The van der Waals surface area contributed by atoms with Crippen molar-refractivity contribution in [2.75, 3.05) is 33.9 Å². The highest BCUT2D eigenvalue weighted by molar-refractivity contribution is 5.70. The Morgan fingerprint density at radius 3 is 3.05 bits per heavy atom. The Labute approximate surface area is 133 Å². The Hall–Kier alpha value is -1.58. The minimum atomic E-state index is 0.173. The first-order valence-corrected chi connectivity index (χ1v) is 8.12. The van der Waals surface area contributed by atoms with E-state index in [2.05, 4.69) is 48.4 Å². The van der Waals surface area contributed by atoms with E-state index >= 15 is 0 Å². The van der Waals surface area contributed by atoms with Gasteiger partial charge >= 0.3 is 0 Å². The number of morpholine rings is 1. The Balaban J connectivity index is 1.90. The van der Waals surface area contributed by atoms with Crippen molar-refractivity contribution < 1.29 is 9.47 Å². The third-order valence-electron chi connectivity index (χ3n) is 4.46. The third kappa shape index (κ3) is 3.42. The van der Waals surface area contributed by atoms with E-state index in [1.54, 1.807) is 7.11 Å². The molecule has 0 spiro atoms. The van der Waals surface area contributed by atoms with Gasteiger partial charge in [-0.2, -0.15) is 0 Å². The molecule has 1 unspecified atom stereocenters. The summed E-state index contributed by atoms with van der Waals surface area (Å²) in [5.74, 6) is 0.997. The van der Waals surface area contributed by atoms with Crippen LogP contribution in [0.25, 0.3) is 5.57 Å². The molecule has 1 aromatic rings. The van der Waals surface area contributed by atoms with E-state index in [1.807, 2.05) is 0 Å². The summed E-state index contributed by atoms with van der Waals surface area (Å²) in [6.07, 6.45) is 7.84. The van der Waals surface area contributed by atoms with E-state index in [-0.39, 0.29) is 6.10 Å². The normalized spacial score (nSPS) is 23.5. The Morgan fingerprint density at radius 2 is 2.23 bits per heavy atom. The first-order valence-electron chi connectivity index (χ1n) is 8.12. The number of ether oxygens (including phenoxy) is 2. The summed E-state index contributed by atoms with van der Waals surface area (Å²) in [5, 5.41) is 0. The van der Waals surface area contributed by atoms with Crippen LogP contribution in [0.2, 0.25) is 0 Å². The largest absolute Gasteiger partial charge is 0.496 e. The smallest absolute Gasteiger partial charge is 0.122 e. The van der Waals surface area contributed by atoms with Gasteiger partial charge in [-0.3, -0.25) is 0 Å². The number of rotatable bonds is 3. The monoisotopic (exact) mass is 299 g/mol. The number of allylic oxidation sites excluding steroid dienone is 3. The van der Waals surface area contributed by atoms with Crippen LogP contribution in [0.4, 0.5) is 0 Å². The molecule has 0 amide bonds. The van der Waals surface area contributed by atoms with Gasteiger partial charge in [0.15, 0.2) is 0 Å². The molecule has 3 nitrogen and oxygen atoms in total. The van der Waals surface area contributed by atoms with Gasteiger partial charge in [0.05, 0.1) is 19.8 Å². The van der Waals surface area contributed by atoms with Crippen LogP contribution in [0.3, 0.4) is 0 Å². The second-order valence-electron chi connectivity index (χ2n) is 6.09. The van der Waals surface area contributed by atoms with E-state index in [0.717, 1.165) is 38.3 Å². The second kappa shape index (κ2) is 7.12. The third-order valence-corrected chi connectivity index (χ3v) is 4.46. The van der Waals surface area contributed by atoms with Crippen molar-refractivity contribution in [1.29, 1.82) is 0 Å². The van der Waals surface area contributed by atoms with E-state index < -0.39 is 0 Å². The molecule has 0 radical (unpaired) electrons. The molecule has 0 saturated carbocycles. The lowest BCUT2D eigenvalue weighted by molar-refractivity contribution is -0.0209. The molecular weight excluding hydrogens is 274 g/mol. The number of hydrogen-bond donors (Lipinski definition) is 0. The van der Waals surface area contributed by atoms with Gasteiger partial charge in [-0.1, -0.05) is 24.3 Å². The zero-order chi connectivity index (χ0) is 15.4. The highest BCUT2D eigenvalue weighted by atomic mass is 16.5. The molecule has 0 bridgehead atoms. The minimum Gasteiger partial charge on any atom is -0.496 e. The van der Waals surface area contributed by atoms with E-state index in [9.17, 15) is 0 Å². The van der Waals surface area contributed by atoms with Crippen LogP contribution >= 0.6 is 0 Å². The van der Waals surface area contributed by atoms with Crippen molar-refractivity contribution >= 4 is 5.57 Å². The van der Waals surface area contributed by atoms with E-state index in [0.29, 0.717) is 0 Å². The Morgan fingerprint density at radius 1 is 1.32 bits per heavy atom. The molecule has 3 rings (SSSR count). The summed E-state index contributed by atoms with van der Waals surface area (Å²) in [6, 6.07) is 8.77. The highest BCUT2D eigenvalue weighted by Gasteiger charge is 2.20. The van der Waals surface area contributed by atoms with Gasteiger partial charge in [-0.15, -0.1) is 0 Å². The molecule has 0 aromatic heterocycles. The van der Waals surface area contributed by atoms with Crippen LogP contribution in [0.5, 0.6) is 0 Å². The maximum Gasteiger partial charge on any atom is 0.122 e. The molecule has 3 heteroatoms. The fourth-order valence-corrected chi connectivity index (χ4v) is 3.19. The number of nitrogens with zero attached hydrogens (tertiary/aromatic N) is 1. The van der Waals surface area contributed by atoms with Gasteiger partial charge in [0.2, 0.25) is 0 Å². The number of benzene rings is 1. The van der Waals surface area contributed by atoms with Gasteiger partial charge in [0.25, 0.3) is 0 Å². The SMILES string of the molecule is COC1=C(c2cccc(C3CN(C)CCO3)c2)CCCC=C1. The fraction of sp³-hybridized carbons (Fsp3) is 0.474. The van der Waals surface area contributed by atoms with Gasteiger partial charge in [0, 0.05) is 18.7 Å². The van der Waals surface area contributed by atoms with Crippen molar-refractivity contribution in [3.63, 3.8) is 0 Å². The quantitative estimate of drug-likeness (QED) is 0.847. The van der Waals surface area contributed by atoms with Crippen molar-refractivity contribution in [2.24, 2.45) is 0 Å². The van der Waals surface area contributed by atoms with Crippen LogP contribution in [0.1, 0.15) is 36.5 Å². The van der Waals surface area contributed by atoms with Crippen LogP contribution in [0.15, 0.2) is 42.2 Å². The van der Waals surface area contributed by atoms with E-state index in [4.69, 9.17) is 9.47 Å². The molecule has 1 atom stereocenters. The average Bonchev–Trinajstić information content (AvgIpc) is 2.80. The predicted octanol–water partition coefficient (Wildman–Crippen LogP) is 3.79. The lowest BCUT2D eigenvalue weighted by Gasteiger charge is -2.30. The van der Waals surface area contributed by atoms with Crippen LogP contribution < -0.4 is 0 Å².